The van der Waals surface area contributed by atoms with Crippen molar-refractivity contribution in [3.8, 4) is 0 Å². The van der Waals surface area contributed by atoms with Crippen molar-refractivity contribution in [2.45, 2.75) is 88.9 Å². The third-order valence-corrected chi connectivity index (χ3v) is 11.4. The van der Waals surface area contributed by atoms with E-state index >= 15 is 0 Å². The third kappa shape index (κ3) is 6.24. The highest BCUT2D eigenvalue weighted by molar-refractivity contribution is 7.89. The van der Waals surface area contributed by atoms with Gasteiger partial charge in [0, 0.05) is 63.4 Å². The molecule has 3 saturated heterocycles. The second-order valence-corrected chi connectivity index (χ2v) is 15.0. The molecule has 2 unspecified atom stereocenters. The van der Waals surface area contributed by atoms with Crippen molar-refractivity contribution in [3.05, 3.63) is 46.2 Å². The number of aliphatic hydroxyl groups excluding tert-OH is 1. The minimum Gasteiger partial charge on any atom is -0.390 e. The Hall–Kier alpha value is -2.31. The molecule has 0 aliphatic carbocycles. The molecule has 3 aliphatic rings. The van der Waals surface area contributed by atoms with Crippen molar-refractivity contribution in [2.75, 3.05) is 39.3 Å². The van der Waals surface area contributed by atoms with Crippen LogP contribution in [0, 0.1) is 0 Å². The molecule has 226 valence electrons. The van der Waals surface area contributed by atoms with Gasteiger partial charge in [0.2, 0.25) is 10.0 Å². The summed E-state index contributed by atoms with van der Waals surface area (Å²) in [6.45, 7) is 10.6. The van der Waals surface area contributed by atoms with Crippen LogP contribution >= 0.6 is 0 Å². The van der Waals surface area contributed by atoms with E-state index in [4.69, 9.17) is 0 Å². The summed E-state index contributed by atoms with van der Waals surface area (Å²) in [4.78, 5) is 31.2. The third-order valence-electron chi connectivity index (χ3n) is 9.10. The average molecular weight is 588 g/mol. The maximum atomic E-state index is 13.4. The molecule has 41 heavy (non-hydrogen) atoms. The highest BCUT2D eigenvalue weighted by Crippen LogP contribution is 2.36. The molecular formula is C30H45N5O5S. The fraction of sp³-hybridized carbons (Fsp3) is 0.667. The lowest BCUT2D eigenvalue weighted by Crippen LogP contribution is -2.55. The number of rotatable bonds is 9. The lowest BCUT2D eigenvalue weighted by Gasteiger charge is -2.41. The van der Waals surface area contributed by atoms with E-state index < -0.39 is 21.4 Å². The van der Waals surface area contributed by atoms with Crippen LogP contribution in [0.1, 0.15) is 69.8 Å². The van der Waals surface area contributed by atoms with Crippen LogP contribution in [-0.4, -0.2) is 107 Å². The van der Waals surface area contributed by atoms with Crippen LogP contribution in [0.5, 0.6) is 0 Å². The smallest absolute Gasteiger partial charge is 0.264 e. The van der Waals surface area contributed by atoms with E-state index in [1.54, 1.807) is 28.8 Å². The Bertz CT molecular complexity index is 1400. The number of piperazine rings is 1. The van der Waals surface area contributed by atoms with Gasteiger partial charge in [0.05, 0.1) is 16.9 Å². The molecule has 1 amide bonds. The number of hydrogen-bond donors (Lipinski definition) is 2. The van der Waals surface area contributed by atoms with Gasteiger partial charge in [0.25, 0.3) is 11.5 Å². The molecule has 0 spiro atoms. The van der Waals surface area contributed by atoms with Crippen molar-refractivity contribution in [1.82, 2.24) is 24.0 Å². The Labute approximate surface area is 243 Å². The molecule has 4 atom stereocenters. The predicted octanol–water partition coefficient (Wildman–Crippen LogP) is 2.02. The molecule has 2 N–H and O–H groups in total. The number of piperidine rings is 1. The number of hydrogen-bond acceptors (Lipinski definition) is 7. The van der Waals surface area contributed by atoms with Crippen molar-refractivity contribution >= 4 is 26.8 Å². The van der Waals surface area contributed by atoms with Crippen molar-refractivity contribution in [3.63, 3.8) is 0 Å². The van der Waals surface area contributed by atoms with Gasteiger partial charge in [0.15, 0.2) is 0 Å². The molecule has 0 radical (unpaired) electrons. The molecule has 3 fully saturated rings. The summed E-state index contributed by atoms with van der Waals surface area (Å²) in [5.74, 6) is -0.313. The summed E-state index contributed by atoms with van der Waals surface area (Å²) in [5, 5.41) is 14.6. The quantitative estimate of drug-likeness (QED) is 0.461. The monoisotopic (exact) mass is 587 g/mol. The SMILES string of the molecule is CC(C)n1c(=O)c(C(=O)NC2C[C@H]3CC[C@@H](C2)N3CC(O)CN2CCN(S(=O)(=O)C(C)C)CC2)cc2ccccc21. The number of nitrogens with zero attached hydrogens (tertiary/aromatic N) is 4. The Kier molecular flexibility index (Phi) is 8.92. The first-order valence-electron chi connectivity index (χ1n) is 15.1. The number of sulfonamides is 1. The van der Waals surface area contributed by atoms with Gasteiger partial charge in [-0.15, -0.1) is 0 Å². The molecule has 5 rings (SSSR count). The van der Waals surface area contributed by atoms with Gasteiger partial charge >= 0.3 is 0 Å². The van der Waals surface area contributed by atoms with Crippen LogP contribution in [-0.2, 0) is 10.0 Å². The van der Waals surface area contributed by atoms with E-state index in [0.717, 1.165) is 36.6 Å². The largest absolute Gasteiger partial charge is 0.390 e. The fourth-order valence-electron chi connectivity index (χ4n) is 6.98. The summed E-state index contributed by atoms with van der Waals surface area (Å²) in [6.07, 6.45) is 3.14. The van der Waals surface area contributed by atoms with Crippen molar-refractivity contribution in [2.24, 2.45) is 0 Å². The van der Waals surface area contributed by atoms with Crippen LogP contribution in [0.2, 0.25) is 0 Å². The summed E-state index contributed by atoms with van der Waals surface area (Å²) in [6, 6.07) is 9.87. The van der Waals surface area contributed by atoms with Gasteiger partial charge < -0.3 is 15.0 Å². The van der Waals surface area contributed by atoms with Crippen LogP contribution < -0.4 is 10.9 Å². The first-order valence-corrected chi connectivity index (χ1v) is 16.6. The van der Waals surface area contributed by atoms with E-state index in [9.17, 15) is 23.1 Å². The molecule has 11 heteroatoms. The summed E-state index contributed by atoms with van der Waals surface area (Å²) >= 11 is 0. The molecule has 3 aliphatic heterocycles. The standard InChI is InChI=1S/C30H45N5O5S/c1-20(2)35-28-8-6-5-7-22(28)15-27(30(35)38)29(37)31-23-16-24-9-10-25(17-23)34(24)19-26(36)18-32-11-13-33(14-12-32)41(39,40)21(3)4/h5-8,15,20-21,23-26,36H,9-14,16-19H2,1-4H3,(H,31,37)/t23?,24-,25+,26?. The lowest BCUT2D eigenvalue weighted by atomic mass is 9.96. The number of aliphatic hydroxyl groups is 1. The van der Waals surface area contributed by atoms with Crippen LogP contribution in [0.25, 0.3) is 10.9 Å². The summed E-state index contributed by atoms with van der Waals surface area (Å²) in [7, 11) is -3.24. The lowest BCUT2D eigenvalue weighted by molar-refractivity contribution is 0.0275. The van der Waals surface area contributed by atoms with E-state index in [0.29, 0.717) is 39.3 Å². The van der Waals surface area contributed by atoms with E-state index in [1.807, 2.05) is 38.1 Å². The van der Waals surface area contributed by atoms with Gasteiger partial charge in [-0.3, -0.25) is 19.4 Å². The first kappa shape index (κ1) is 30.2. The van der Waals surface area contributed by atoms with E-state index in [1.165, 1.54) is 0 Å². The number of β-amino-alcohol motifs (C(OH)–C–C–N with tert-alkyl or cyclic N) is 1. The first-order chi connectivity index (χ1) is 19.5. The molecular weight excluding hydrogens is 542 g/mol. The number of benzene rings is 1. The van der Waals surface area contributed by atoms with Gasteiger partial charge in [-0.1, -0.05) is 18.2 Å². The number of nitrogens with one attached hydrogen (secondary N) is 1. The van der Waals surface area contributed by atoms with E-state index in [-0.39, 0.29) is 41.2 Å². The van der Waals surface area contributed by atoms with Gasteiger partial charge in [-0.05, 0) is 70.9 Å². The Morgan fingerprint density at radius 2 is 1.63 bits per heavy atom. The zero-order chi connectivity index (χ0) is 29.5. The molecule has 0 saturated carbocycles. The van der Waals surface area contributed by atoms with Crippen LogP contribution in [0.4, 0.5) is 0 Å². The van der Waals surface area contributed by atoms with Gasteiger partial charge in [-0.2, -0.15) is 4.31 Å². The zero-order valence-corrected chi connectivity index (χ0v) is 25.5. The number of carbonyl (C=O) groups is 1. The van der Waals surface area contributed by atoms with Gasteiger partial charge in [0.1, 0.15) is 5.56 Å². The molecule has 2 aromatic rings. The topological polar surface area (TPSA) is 115 Å². The van der Waals surface area contributed by atoms with Gasteiger partial charge in [-0.25, -0.2) is 8.42 Å². The summed E-state index contributed by atoms with van der Waals surface area (Å²) < 4.78 is 28.2. The van der Waals surface area contributed by atoms with Crippen molar-refractivity contribution < 1.29 is 18.3 Å². The maximum absolute atomic E-state index is 13.4. The number of aromatic nitrogens is 1. The Morgan fingerprint density at radius 1 is 1.00 bits per heavy atom. The molecule has 10 nitrogen and oxygen atoms in total. The van der Waals surface area contributed by atoms with Crippen LogP contribution in [0.15, 0.2) is 35.1 Å². The Balaban J connectivity index is 1.16. The number of fused-ring (bicyclic) bond motifs is 3. The average Bonchev–Trinajstić information content (AvgIpc) is 3.14. The van der Waals surface area contributed by atoms with Crippen molar-refractivity contribution in [1.29, 1.82) is 0 Å². The number of amides is 1. The highest BCUT2D eigenvalue weighted by Gasteiger charge is 2.42. The molecule has 2 bridgehead atoms. The summed E-state index contributed by atoms with van der Waals surface area (Å²) in [5.41, 5.74) is 0.752. The molecule has 1 aromatic carbocycles. The van der Waals surface area contributed by atoms with E-state index in [2.05, 4.69) is 15.1 Å². The number of para-hydroxylation sites is 1. The Morgan fingerprint density at radius 3 is 2.24 bits per heavy atom. The zero-order valence-electron chi connectivity index (χ0n) is 24.7. The maximum Gasteiger partial charge on any atom is 0.264 e. The predicted molar refractivity (Wildman–Crippen MR) is 161 cm³/mol. The number of pyridine rings is 1. The molecule has 1 aromatic heterocycles. The number of carbonyl (C=O) groups excluding carboxylic acids is 1. The second-order valence-electron chi connectivity index (χ2n) is 12.6. The van der Waals surface area contributed by atoms with Crippen LogP contribution in [0.3, 0.4) is 0 Å². The molecule has 4 heterocycles. The normalized spacial score (nSPS) is 25.3. The minimum atomic E-state index is -3.24. The second kappa shape index (κ2) is 12.1. The highest BCUT2D eigenvalue weighted by atomic mass is 32.2. The minimum absolute atomic E-state index is 0.0113. The fourth-order valence-corrected chi connectivity index (χ4v) is 8.25.